The number of hydrogen-bond donors (Lipinski definition) is 0. The van der Waals surface area contributed by atoms with Crippen LogP contribution >= 0.6 is 22.7 Å². The minimum Gasteiger partial charge on any atom is -0.217 e. The molecule has 5 rings (SSSR count). The SMILES string of the molecule is Cc1ccc(C=Nn2c(-c3ccc(C4CCCCC4)cc3)csc2=Nc2ccc(F)cc2F)s1. The molecule has 0 saturated heterocycles. The second-order valence-corrected chi connectivity index (χ2v) is 10.7. The lowest BCUT2D eigenvalue weighted by molar-refractivity contribution is 0.443. The number of aromatic nitrogens is 1. The molecule has 0 N–H and O–H groups in total. The van der Waals surface area contributed by atoms with Crippen LogP contribution in [0.15, 0.2) is 70.1 Å². The maximum absolute atomic E-state index is 14.3. The summed E-state index contributed by atoms with van der Waals surface area (Å²) in [7, 11) is 0. The fourth-order valence-electron chi connectivity index (χ4n) is 4.36. The Hall–Kier alpha value is -2.90. The van der Waals surface area contributed by atoms with E-state index in [9.17, 15) is 8.78 Å². The van der Waals surface area contributed by atoms with Crippen LogP contribution in [0.25, 0.3) is 11.3 Å². The molecule has 1 fully saturated rings. The highest BCUT2D eigenvalue weighted by atomic mass is 32.1. The van der Waals surface area contributed by atoms with E-state index in [0.717, 1.165) is 22.2 Å². The van der Waals surface area contributed by atoms with Gasteiger partial charge in [0.15, 0.2) is 5.82 Å². The molecule has 2 aromatic carbocycles. The fraction of sp³-hybridized carbons (Fsp3) is 0.259. The monoisotopic (exact) mass is 493 g/mol. The van der Waals surface area contributed by atoms with E-state index in [4.69, 9.17) is 5.10 Å². The minimum atomic E-state index is -0.698. The van der Waals surface area contributed by atoms with Crippen LogP contribution in [-0.2, 0) is 0 Å². The van der Waals surface area contributed by atoms with E-state index in [1.54, 1.807) is 22.2 Å². The summed E-state index contributed by atoms with van der Waals surface area (Å²) in [5, 5.41) is 6.68. The molecule has 34 heavy (non-hydrogen) atoms. The van der Waals surface area contributed by atoms with Crippen molar-refractivity contribution in [1.29, 1.82) is 0 Å². The zero-order valence-electron chi connectivity index (χ0n) is 18.9. The smallest absolute Gasteiger partial charge is 0.211 e. The maximum Gasteiger partial charge on any atom is 0.211 e. The Morgan fingerprint density at radius 1 is 0.971 bits per heavy atom. The van der Waals surface area contributed by atoms with Crippen molar-refractivity contribution in [3.63, 3.8) is 0 Å². The Kier molecular flexibility index (Phi) is 6.83. The third kappa shape index (κ3) is 5.10. The van der Waals surface area contributed by atoms with E-state index in [1.807, 2.05) is 17.5 Å². The molecule has 0 spiro atoms. The first-order chi connectivity index (χ1) is 16.6. The van der Waals surface area contributed by atoms with Crippen molar-refractivity contribution in [1.82, 2.24) is 4.68 Å². The number of thiazole rings is 1. The number of hydrogen-bond acceptors (Lipinski definition) is 4. The van der Waals surface area contributed by atoms with Crippen LogP contribution in [-0.4, -0.2) is 10.9 Å². The van der Waals surface area contributed by atoms with Gasteiger partial charge in [-0.15, -0.1) is 22.7 Å². The zero-order chi connectivity index (χ0) is 23.5. The molecule has 0 radical (unpaired) electrons. The van der Waals surface area contributed by atoms with Gasteiger partial charge < -0.3 is 0 Å². The molecule has 1 saturated carbocycles. The number of halogens is 2. The van der Waals surface area contributed by atoms with Crippen molar-refractivity contribution in [2.45, 2.75) is 44.9 Å². The molecule has 4 aromatic rings. The van der Waals surface area contributed by atoms with Crippen molar-refractivity contribution in [2.24, 2.45) is 10.1 Å². The van der Waals surface area contributed by atoms with Gasteiger partial charge in [-0.1, -0.05) is 43.5 Å². The number of rotatable bonds is 5. The largest absolute Gasteiger partial charge is 0.217 e. The molecule has 1 aliphatic rings. The van der Waals surface area contributed by atoms with Gasteiger partial charge in [-0.05, 0) is 55.5 Å². The van der Waals surface area contributed by atoms with E-state index in [-0.39, 0.29) is 5.69 Å². The summed E-state index contributed by atoms with van der Waals surface area (Å²) in [6.45, 7) is 2.05. The van der Waals surface area contributed by atoms with Crippen LogP contribution in [0, 0.1) is 18.6 Å². The summed E-state index contributed by atoms with van der Waals surface area (Å²) in [5.41, 5.74) is 3.38. The normalized spacial score (nSPS) is 15.4. The molecular weight excluding hydrogens is 468 g/mol. The molecule has 0 bridgehead atoms. The Labute approximate surface area is 205 Å². The van der Waals surface area contributed by atoms with Gasteiger partial charge in [-0.3, -0.25) is 0 Å². The molecule has 7 heteroatoms. The summed E-state index contributed by atoms with van der Waals surface area (Å²) < 4.78 is 29.4. The van der Waals surface area contributed by atoms with Gasteiger partial charge in [0.05, 0.1) is 11.9 Å². The number of benzene rings is 2. The molecule has 0 unspecified atom stereocenters. The quantitative estimate of drug-likeness (QED) is 0.252. The first kappa shape index (κ1) is 22.9. The van der Waals surface area contributed by atoms with Crippen molar-refractivity contribution >= 4 is 34.6 Å². The lowest BCUT2D eigenvalue weighted by Gasteiger charge is -2.22. The average Bonchev–Trinajstić information content (AvgIpc) is 3.45. The van der Waals surface area contributed by atoms with Crippen LogP contribution in [0.2, 0.25) is 0 Å². The summed E-state index contributed by atoms with van der Waals surface area (Å²) in [5.74, 6) is -0.680. The Bertz CT molecular complexity index is 1370. The van der Waals surface area contributed by atoms with E-state index in [2.05, 4.69) is 36.2 Å². The summed E-state index contributed by atoms with van der Waals surface area (Å²) in [6, 6.07) is 16.2. The molecule has 0 atom stereocenters. The predicted octanol–water partition coefficient (Wildman–Crippen LogP) is 8.03. The molecule has 174 valence electrons. The second-order valence-electron chi connectivity index (χ2n) is 8.57. The van der Waals surface area contributed by atoms with Gasteiger partial charge in [0.2, 0.25) is 4.80 Å². The predicted molar refractivity (Wildman–Crippen MR) is 137 cm³/mol. The fourth-order valence-corrected chi connectivity index (χ4v) is 5.95. The van der Waals surface area contributed by atoms with Gasteiger partial charge in [-0.2, -0.15) is 5.10 Å². The lowest BCUT2D eigenvalue weighted by atomic mass is 9.84. The molecule has 0 amide bonds. The van der Waals surface area contributed by atoms with Gasteiger partial charge in [0, 0.05) is 26.8 Å². The Morgan fingerprint density at radius 2 is 1.76 bits per heavy atom. The van der Waals surface area contributed by atoms with E-state index < -0.39 is 11.6 Å². The van der Waals surface area contributed by atoms with Gasteiger partial charge in [-0.25, -0.2) is 18.4 Å². The van der Waals surface area contributed by atoms with Crippen LogP contribution in [0.4, 0.5) is 14.5 Å². The molecule has 2 heterocycles. The van der Waals surface area contributed by atoms with Crippen LogP contribution in [0.3, 0.4) is 0 Å². The summed E-state index contributed by atoms with van der Waals surface area (Å²) in [4.78, 5) is 7.21. The van der Waals surface area contributed by atoms with Crippen molar-refractivity contribution in [2.75, 3.05) is 0 Å². The average molecular weight is 494 g/mol. The van der Waals surface area contributed by atoms with Crippen LogP contribution in [0.1, 0.15) is 53.3 Å². The number of nitrogens with zero attached hydrogens (tertiary/aromatic N) is 3. The zero-order valence-corrected chi connectivity index (χ0v) is 20.5. The molecule has 1 aliphatic carbocycles. The summed E-state index contributed by atoms with van der Waals surface area (Å²) in [6.07, 6.45) is 8.26. The van der Waals surface area contributed by atoms with Gasteiger partial charge >= 0.3 is 0 Å². The van der Waals surface area contributed by atoms with Crippen molar-refractivity contribution in [3.8, 4) is 11.3 Å². The molecule has 0 aliphatic heterocycles. The second kappa shape index (κ2) is 10.2. The first-order valence-electron chi connectivity index (χ1n) is 11.5. The minimum absolute atomic E-state index is 0.0818. The van der Waals surface area contributed by atoms with Crippen LogP contribution < -0.4 is 4.80 Å². The maximum atomic E-state index is 14.3. The highest BCUT2D eigenvalue weighted by Crippen LogP contribution is 2.33. The highest BCUT2D eigenvalue weighted by molar-refractivity contribution is 7.13. The van der Waals surface area contributed by atoms with Crippen LogP contribution in [0.5, 0.6) is 0 Å². The van der Waals surface area contributed by atoms with E-state index in [0.29, 0.717) is 10.7 Å². The molecular formula is C27H25F2N3S2. The number of thiophene rings is 1. The van der Waals surface area contributed by atoms with Gasteiger partial charge in [0.25, 0.3) is 0 Å². The van der Waals surface area contributed by atoms with Gasteiger partial charge in [0.1, 0.15) is 11.5 Å². The Balaban J connectivity index is 1.55. The first-order valence-corrected chi connectivity index (χ1v) is 13.2. The van der Waals surface area contributed by atoms with E-state index >= 15 is 0 Å². The molecule has 3 nitrogen and oxygen atoms in total. The topological polar surface area (TPSA) is 29.6 Å². The van der Waals surface area contributed by atoms with E-state index in [1.165, 1.54) is 66.0 Å². The third-order valence-electron chi connectivity index (χ3n) is 6.16. The summed E-state index contributed by atoms with van der Waals surface area (Å²) >= 11 is 3.03. The standard InChI is InChI=1S/C27H25F2N3S2/c1-18-7-13-23(34-18)16-30-32-26(17-33-27(32)31-25-14-12-22(28)15-24(25)29)21-10-8-20(9-11-21)19-5-3-2-4-6-19/h7-17,19H,2-6H2,1H3. The Morgan fingerprint density at radius 3 is 2.47 bits per heavy atom. The van der Waals surface area contributed by atoms with Crippen molar-refractivity contribution in [3.05, 3.63) is 91.7 Å². The lowest BCUT2D eigenvalue weighted by Crippen LogP contribution is -2.11. The van der Waals surface area contributed by atoms with Crippen molar-refractivity contribution < 1.29 is 8.78 Å². The number of aryl methyl sites for hydroxylation is 1. The molecule has 2 aromatic heterocycles. The third-order valence-corrected chi connectivity index (χ3v) is 7.91. The highest BCUT2D eigenvalue weighted by Gasteiger charge is 2.16.